The molecule has 27 heavy (non-hydrogen) atoms. The van der Waals surface area contributed by atoms with E-state index in [-0.39, 0.29) is 0 Å². The minimum atomic E-state index is -4.30. The largest absolute Gasteiger partial charge is 0.416 e. The van der Waals surface area contributed by atoms with E-state index in [0.29, 0.717) is 18.3 Å². The Morgan fingerprint density at radius 2 is 1.56 bits per heavy atom. The fourth-order valence-electron chi connectivity index (χ4n) is 5.03. The van der Waals surface area contributed by atoms with Crippen LogP contribution in [0, 0.1) is 0 Å². The molecule has 0 radical (unpaired) electrons. The Bertz CT molecular complexity index is 777. The van der Waals surface area contributed by atoms with Gasteiger partial charge in [-0.2, -0.15) is 13.2 Å². The van der Waals surface area contributed by atoms with E-state index in [2.05, 4.69) is 11.1 Å². The van der Waals surface area contributed by atoms with E-state index < -0.39 is 11.7 Å². The normalized spacial score (nSPS) is 23.4. The SMILES string of the molecule is FC(F)(F)c1ccc(/C(=C/c2ccccn2)B2C3CCCC2CCC3)cc1. The number of halogens is 3. The Balaban J connectivity index is 1.76. The maximum atomic E-state index is 13.0. The van der Waals surface area contributed by atoms with Crippen LogP contribution in [0.15, 0.2) is 48.7 Å². The lowest BCUT2D eigenvalue weighted by Crippen LogP contribution is -2.36. The molecule has 0 atom stereocenters. The number of benzene rings is 1. The number of alkyl halides is 3. The van der Waals surface area contributed by atoms with Crippen molar-refractivity contribution in [3.05, 3.63) is 65.5 Å². The minimum absolute atomic E-state index is 0.422. The summed E-state index contributed by atoms with van der Waals surface area (Å²) in [6, 6.07) is 11.5. The van der Waals surface area contributed by atoms with Crippen LogP contribution in [-0.4, -0.2) is 11.7 Å². The number of rotatable bonds is 3. The molecule has 0 saturated carbocycles. The predicted molar refractivity (Wildman–Crippen MR) is 105 cm³/mol. The summed E-state index contributed by atoms with van der Waals surface area (Å²) in [5.41, 5.74) is 2.34. The van der Waals surface area contributed by atoms with Crippen molar-refractivity contribution >= 4 is 18.3 Å². The van der Waals surface area contributed by atoms with Crippen LogP contribution in [0.25, 0.3) is 11.5 Å². The maximum absolute atomic E-state index is 13.0. The molecule has 0 unspecified atom stereocenters. The van der Waals surface area contributed by atoms with Gasteiger partial charge in [-0.15, -0.1) is 0 Å². The quantitative estimate of drug-likeness (QED) is 0.543. The van der Waals surface area contributed by atoms with Gasteiger partial charge in [-0.1, -0.05) is 73.8 Å². The molecule has 0 aliphatic carbocycles. The number of hydrogen-bond acceptors (Lipinski definition) is 1. The first kappa shape index (κ1) is 18.3. The van der Waals surface area contributed by atoms with Crippen molar-refractivity contribution in [3.63, 3.8) is 0 Å². The first-order chi connectivity index (χ1) is 13.0. The first-order valence-corrected chi connectivity index (χ1v) is 9.82. The zero-order valence-electron chi connectivity index (χ0n) is 15.3. The third-order valence-corrected chi connectivity index (χ3v) is 6.21. The lowest BCUT2D eigenvalue weighted by Gasteiger charge is -2.42. The number of aromatic nitrogens is 1. The predicted octanol–water partition coefficient (Wildman–Crippen LogP) is 6.78. The third kappa shape index (κ3) is 3.97. The molecule has 2 aliphatic heterocycles. The average molecular weight is 369 g/mol. The van der Waals surface area contributed by atoms with Gasteiger partial charge in [0.05, 0.1) is 11.3 Å². The number of nitrogens with zero attached hydrogens (tertiary/aromatic N) is 1. The van der Waals surface area contributed by atoms with Gasteiger partial charge in [-0.3, -0.25) is 4.98 Å². The van der Waals surface area contributed by atoms with Crippen LogP contribution in [0.4, 0.5) is 13.2 Å². The highest BCUT2D eigenvalue weighted by atomic mass is 19.4. The van der Waals surface area contributed by atoms with E-state index in [4.69, 9.17) is 0 Å². The molecule has 140 valence electrons. The molecule has 1 aromatic heterocycles. The molecular formula is C22H23BF3N. The summed E-state index contributed by atoms with van der Waals surface area (Å²) in [7, 11) is 0. The van der Waals surface area contributed by atoms with Crippen LogP contribution < -0.4 is 0 Å². The van der Waals surface area contributed by atoms with Gasteiger partial charge >= 0.3 is 6.18 Å². The molecule has 0 N–H and O–H groups in total. The van der Waals surface area contributed by atoms with Crippen molar-refractivity contribution in [2.45, 2.75) is 56.3 Å². The van der Waals surface area contributed by atoms with Crippen molar-refractivity contribution < 1.29 is 13.2 Å². The second-order valence-corrected chi connectivity index (χ2v) is 7.84. The smallest absolute Gasteiger partial charge is 0.257 e. The zero-order valence-corrected chi connectivity index (χ0v) is 15.3. The van der Waals surface area contributed by atoms with E-state index in [9.17, 15) is 13.2 Å². The van der Waals surface area contributed by atoms with Crippen molar-refractivity contribution in [1.82, 2.24) is 4.98 Å². The van der Waals surface area contributed by atoms with Gasteiger partial charge in [-0.25, -0.2) is 0 Å². The van der Waals surface area contributed by atoms with Crippen LogP contribution in [-0.2, 0) is 6.18 Å². The summed E-state index contributed by atoms with van der Waals surface area (Å²) >= 11 is 0. The number of pyridine rings is 1. The van der Waals surface area contributed by atoms with Crippen LogP contribution in [0.3, 0.4) is 0 Å². The molecule has 2 aromatic rings. The number of fused-ring (bicyclic) bond motifs is 2. The summed E-state index contributed by atoms with van der Waals surface area (Å²) in [5, 5.41) is 0. The molecule has 1 nitrogen and oxygen atoms in total. The zero-order chi connectivity index (χ0) is 18.9. The fourth-order valence-corrected chi connectivity index (χ4v) is 5.03. The van der Waals surface area contributed by atoms with Gasteiger partial charge in [0, 0.05) is 6.20 Å². The molecule has 2 saturated heterocycles. The summed E-state index contributed by atoms with van der Waals surface area (Å²) in [6.07, 6.45) is 7.00. The van der Waals surface area contributed by atoms with Crippen molar-refractivity contribution in [1.29, 1.82) is 0 Å². The summed E-state index contributed by atoms with van der Waals surface area (Å²) in [6.45, 7) is 0.422. The Labute approximate surface area is 158 Å². The second kappa shape index (κ2) is 7.53. The highest BCUT2D eigenvalue weighted by Crippen LogP contribution is 2.51. The molecule has 1 aromatic carbocycles. The average Bonchev–Trinajstić information content (AvgIpc) is 2.66. The molecule has 2 bridgehead atoms. The molecule has 4 rings (SSSR count). The molecule has 2 aliphatic rings. The fraction of sp³-hybridized carbons (Fsp3) is 0.409. The second-order valence-electron chi connectivity index (χ2n) is 7.84. The van der Waals surface area contributed by atoms with Crippen molar-refractivity contribution in [2.24, 2.45) is 0 Å². The van der Waals surface area contributed by atoms with Crippen molar-refractivity contribution in [3.8, 4) is 0 Å². The van der Waals surface area contributed by atoms with Crippen LogP contribution in [0.1, 0.15) is 55.3 Å². The molecule has 2 fully saturated rings. The van der Waals surface area contributed by atoms with Crippen LogP contribution in [0.2, 0.25) is 11.6 Å². The minimum Gasteiger partial charge on any atom is -0.257 e. The standard InChI is InChI=1S/C22H23BF3N/c24-22(25,26)17-12-10-16(11-13-17)21(15-20-9-1-2-14-27-20)23-18-5-3-6-19(23)8-4-7-18/h1-2,9-15,18-19H,3-8H2/b21-15-. The van der Waals surface area contributed by atoms with E-state index in [1.165, 1.54) is 50.7 Å². The summed E-state index contributed by atoms with van der Waals surface area (Å²) < 4.78 is 39.0. The monoisotopic (exact) mass is 369 g/mol. The van der Waals surface area contributed by atoms with Gasteiger partial charge < -0.3 is 0 Å². The Kier molecular flexibility index (Phi) is 5.11. The van der Waals surface area contributed by atoms with Gasteiger partial charge in [-0.05, 0) is 35.9 Å². The maximum Gasteiger partial charge on any atom is 0.416 e. The lowest BCUT2D eigenvalue weighted by atomic mass is 9.23. The Hall–Kier alpha value is -2.04. The molecule has 5 heteroatoms. The molecule has 0 amide bonds. The molecular weight excluding hydrogens is 346 g/mol. The van der Waals surface area contributed by atoms with E-state index in [1.807, 2.05) is 18.2 Å². The van der Waals surface area contributed by atoms with Gasteiger partial charge in [0.1, 0.15) is 0 Å². The summed E-state index contributed by atoms with van der Waals surface area (Å²) in [5.74, 6) is 1.27. The van der Waals surface area contributed by atoms with Crippen LogP contribution in [0.5, 0.6) is 0 Å². The summed E-state index contributed by atoms with van der Waals surface area (Å²) in [4.78, 5) is 4.43. The Morgan fingerprint density at radius 3 is 2.07 bits per heavy atom. The first-order valence-electron chi connectivity index (χ1n) is 9.82. The van der Waals surface area contributed by atoms with Crippen LogP contribution >= 0.6 is 0 Å². The van der Waals surface area contributed by atoms with Gasteiger partial charge in [0.25, 0.3) is 0 Å². The Morgan fingerprint density at radius 1 is 0.926 bits per heavy atom. The topological polar surface area (TPSA) is 12.9 Å². The highest BCUT2D eigenvalue weighted by Gasteiger charge is 2.41. The van der Waals surface area contributed by atoms with E-state index in [1.54, 1.807) is 18.3 Å². The van der Waals surface area contributed by atoms with Crippen molar-refractivity contribution in [2.75, 3.05) is 0 Å². The van der Waals surface area contributed by atoms with E-state index in [0.717, 1.165) is 16.7 Å². The van der Waals surface area contributed by atoms with Gasteiger partial charge in [0.2, 0.25) is 0 Å². The van der Waals surface area contributed by atoms with Gasteiger partial charge in [0.15, 0.2) is 6.71 Å². The highest BCUT2D eigenvalue weighted by molar-refractivity contribution is 6.83. The molecule has 3 heterocycles. The van der Waals surface area contributed by atoms with E-state index >= 15 is 0 Å². The number of hydrogen-bond donors (Lipinski definition) is 0. The lowest BCUT2D eigenvalue weighted by molar-refractivity contribution is -0.137. The molecule has 0 spiro atoms. The third-order valence-electron chi connectivity index (χ3n) is 6.21.